The van der Waals surface area contributed by atoms with Gasteiger partial charge in [-0.05, 0) is 18.6 Å². The normalized spacial score (nSPS) is 10.7. The summed E-state index contributed by atoms with van der Waals surface area (Å²) in [5.41, 5.74) is 0. The van der Waals surface area contributed by atoms with Crippen LogP contribution in [-0.2, 0) is 9.59 Å². The number of hydrogen-bond acceptors (Lipinski definition) is 3. The third kappa shape index (κ3) is 9.03. The van der Waals surface area contributed by atoms with Gasteiger partial charge in [0.1, 0.15) is 0 Å². The van der Waals surface area contributed by atoms with E-state index in [1.165, 1.54) is 12.8 Å². The lowest BCUT2D eigenvalue weighted by Gasteiger charge is -2.06. The molecule has 0 fully saturated rings. The topological polar surface area (TPSA) is 74.6 Å². The van der Waals surface area contributed by atoms with Gasteiger partial charge in [0.15, 0.2) is 5.92 Å². The zero-order valence-corrected chi connectivity index (χ0v) is 11.0. The molecule has 17 heavy (non-hydrogen) atoms. The Morgan fingerprint density at radius 1 is 0.824 bits per heavy atom. The Morgan fingerprint density at radius 2 is 1.24 bits per heavy atom. The van der Waals surface area contributed by atoms with Crippen molar-refractivity contribution in [1.82, 2.24) is 0 Å². The van der Waals surface area contributed by atoms with Crippen LogP contribution in [0, 0.1) is 5.92 Å². The third-order valence-corrected chi connectivity index (χ3v) is 3.06. The molecule has 4 nitrogen and oxygen atoms in total. The quantitative estimate of drug-likeness (QED) is 0.304. The molecule has 0 heterocycles. The van der Waals surface area contributed by atoms with Crippen LogP contribution < -0.4 is 0 Å². The first-order valence-corrected chi connectivity index (χ1v) is 6.79. The van der Waals surface area contributed by atoms with Gasteiger partial charge in [-0.2, -0.15) is 12.6 Å². The molecule has 0 aromatic rings. The molecule has 0 spiro atoms. The highest BCUT2D eigenvalue weighted by Gasteiger charge is 2.24. The molecule has 0 aliphatic carbocycles. The van der Waals surface area contributed by atoms with E-state index in [0.29, 0.717) is 6.42 Å². The molecule has 5 heteroatoms. The fourth-order valence-corrected chi connectivity index (χ4v) is 1.92. The zero-order chi connectivity index (χ0) is 13.1. The number of thiol groups is 1. The fraction of sp³-hybridized carbons (Fsp3) is 0.833. The first-order chi connectivity index (χ1) is 8.09. The standard InChI is InChI=1S/C12H22O4S/c13-11(14)10(12(15)16)8-6-4-2-1-3-5-7-9-17/h10,17H,1-9H2,(H,13,14)(H,15,16). The Hall–Kier alpha value is -0.710. The van der Waals surface area contributed by atoms with Crippen LogP contribution in [-0.4, -0.2) is 27.9 Å². The van der Waals surface area contributed by atoms with Crippen LogP contribution in [0.5, 0.6) is 0 Å². The summed E-state index contributed by atoms with van der Waals surface area (Å²) < 4.78 is 0. The van der Waals surface area contributed by atoms with Crippen LogP contribution in [0.1, 0.15) is 51.4 Å². The summed E-state index contributed by atoms with van der Waals surface area (Å²) in [6, 6.07) is 0. The lowest BCUT2D eigenvalue weighted by atomic mass is 10.0. The molecule has 0 aliphatic rings. The number of unbranched alkanes of at least 4 members (excludes halogenated alkanes) is 6. The largest absolute Gasteiger partial charge is 0.481 e. The Balaban J connectivity index is 3.43. The van der Waals surface area contributed by atoms with Gasteiger partial charge < -0.3 is 10.2 Å². The molecule has 100 valence electrons. The van der Waals surface area contributed by atoms with Crippen molar-refractivity contribution < 1.29 is 19.8 Å². The van der Waals surface area contributed by atoms with Crippen LogP contribution in [0.25, 0.3) is 0 Å². The van der Waals surface area contributed by atoms with Crippen molar-refractivity contribution in [3.63, 3.8) is 0 Å². The molecular formula is C12H22O4S. The molecule has 0 saturated carbocycles. The Morgan fingerprint density at radius 3 is 1.65 bits per heavy atom. The number of hydrogen-bond donors (Lipinski definition) is 3. The molecule has 0 aromatic heterocycles. The molecule has 0 aromatic carbocycles. The van der Waals surface area contributed by atoms with Gasteiger partial charge in [0.05, 0.1) is 0 Å². The van der Waals surface area contributed by atoms with E-state index in [2.05, 4.69) is 12.6 Å². The zero-order valence-electron chi connectivity index (χ0n) is 10.1. The molecule has 0 bridgehead atoms. The Labute approximate surface area is 108 Å². The van der Waals surface area contributed by atoms with Gasteiger partial charge >= 0.3 is 11.9 Å². The van der Waals surface area contributed by atoms with Gasteiger partial charge in [-0.15, -0.1) is 0 Å². The smallest absolute Gasteiger partial charge is 0.317 e. The third-order valence-electron chi connectivity index (χ3n) is 2.75. The second-order valence-corrected chi connectivity index (χ2v) is 4.66. The van der Waals surface area contributed by atoms with Crippen molar-refractivity contribution in [2.45, 2.75) is 51.4 Å². The molecule has 0 rings (SSSR count). The summed E-state index contributed by atoms with van der Waals surface area (Å²) in [5, 5.41) is 17.3. The van der Waals surface area contributed by atoms with E-state index in [1.54, 1.807) is 0 Å². The highest BCUT2D eigenvalue weighted by Crippen LogP contribution is 2.13. The minimum absolute atomic E-state index is 0.237. The van der Waals surface area contributed by atoms with Gasteiger partial charge in [0.25, 0.3) is 0 Å². The fourth-order valence-electron chi connectivity index (χ4n) is 1.70. The number of rotatable bonds is 11. The number of aliphatic carboxylic acids is 2. The molecule has 0 amide bonds. The summed E-state index contributed by atoms with van der Waals surface area (Å²) in [6.07, 6.45) is 7.54. The van der Waals surface area contributed by atoms with Gasteiger partial charge in [0.2, 0.25) is 0 Å². The number of carboxylic acids is 2. The van der Waals surface area contributed by atoms with E-state index in [0.717, 1.165) is 31.4 Å². The van der Waals surface area contributed by atoms with E-state index in [1.807, 2.05) is 0 Å². The lowest BCUT2D eigenvalue weighted by Crippen LogP contribution is -2.23. The SMILES string of the molecule is O=C(O)C(CCCCCCCCCS)C(=O)O. The van der Waals surface area contributed by atoms with Crippen LogP contribution in [0.15, 0.2) is 0 Å². The summed E-state index contributed by atoms with van der Waals surface area (Å²) in [6.45, 7) is 0. The Bertz CT molecular complexity index is 217. The summed E-state index contributed by atoms with van der Waals surface area (Å²) >= 11 is 4.13. The predicted octanol–water partition coefficient (Wildman–Crippen LogP) is 2.82. The molecule has 0 saturated heterocycles. The second-order valence-electron chi connectivity index (χ2n) is 4.22. The highest BCUT2D eigenvalue weighted by atomic mass is 32.1. The second kappa shape index (κ2) is 10.4. The van der Waals surface area contributed by atoms with E-state index in [9.17, 15) is 9.59 Å². The average molecular weight is 262 g/mol. The van der Waals surface area contributed by atoms with Crippen LogP contribution in [0.3, 0.4) is 0 Å². The summed E-state index contributed by atoms with van der Waals surface area (Å²) in [5.74, 6) is -2.77. The van der Waals surface area contributed by atoms with Crippen molar-refractivity contribution in [3.05, 3.63) is 0 Å². The molecule has 0 atom stereocenters. The summed E-state index contributed by atoms with van der Waals surface area (Å²) in [4.78, 5) is 21.2. The van der Waals surface area contributed by atoms with Crippen LogP contribution in [0.4, 0.5) is 0 Å². The lowest BCUT2D eigenvalue weighted by molar-refractivity contribution is -0.154. The number of carbonyl (C=O) groups is 2. The minimum Gasteiger partial charge on any atom is -0.481 e. The van der Waals surface area contributed by atoms with E-state index >= 15 is 0 Å². The maximum absolute atomic E-state index is 10.6. The maximum Gasteiger partial charge on any atom is 0.317 e. The first kappa shape index (κ1) is 16.3. The van der Waals surface area contributed by atoms with Gasteiger partial charge in [-0.1, -0.05) is 38.5 Å². The Kier molecular flexibility index (Phi) is 10.0. The van der Waals surface area contributed by atoms with E-state index < -0.39 is 17.9 Å². The van der Waals surface area contributed by atoms with E-state index in [4.69, 9.17) is 10.2 Å². The predicted molar refractivity (Wildman–Crippen MR) is 69.6 cm³/mol. The van der Waals surface area contributed by atoms with Gasteiger partial charge in [-0.3, -0.25) is 9.59 Å². The minimum atomic E-state index is -1.24. The highest BCUT2D eigenvalue weighted by molar-refractivity contribution is 7.80. The van der Waals surface area contributed by atoms with Gasteiger partial charge in [-0.25, -0.2) is 0 Å². The van der Waals surface area contributed by atoms with Crippen molar-refractivity contribution in [2.24, 2.45) is 5.92 Å². The van der Waals surface area contributed by atoms with Crippen molar-refractivity contribution in [1.29, 1.82) is 0 Å². The molecule has 0 radical (unpaired) electrons. The molecule has 0 aliphatic heterocycles. The first-order valence-electron chi connectivity index (χ1n) is 6.16. The van der Waals surface area contributed by atoms with Crippen molar-refractivity contribution >= 4 is 24.6 Å². The van der Waals surface area contributed by atoms with Crippen LogP contribution in [0.2, 0.25) is 0 Å². The van der Waals surface area contributed by atoms with Gasteiger partial charge in [0, 0.05) is 0 Å². The maximum atomic E-state index is 10.6. The van der Waals surface area contributed by atoms with Crippen molar-refractivity contribution in [3.8, 4) is 0 Å². The number of carboxylic acid groups (broad SMARTS) is 2. The monoisotopic (exact) mass is 262 g/mol. The van der Waals surface area contributed by atoms with E-state index in [-0.39, 0.29) is 6.42 Å². The molecule has 0 unspecified atom stereocenters. The summed E-state index contributed by atoms with van der Waals surface area (Å²) in [7, 11) is 0. The van der Waals surface area contributed by atoms with Crippen LogP contribution >= 0.6 is 12.6 Å². The molecular weight excluding hydrogens is 240 g/mol. The average Bonchev–Trinajstić information content (AvgIpc) is 2.26. The molecule has 2 N–H and O–H groups in total. The van der Waals surface area contributed by atoms with Crippen molar-refractivity contribution in [2.75, 3.05) is 5.75 Å².